The van der Waals surface area contributed by atoms with Crippen LogP contribution < -0.4 is 23.4 Å². The van der Waals surface area contributed by atoms with Gasteiger partial charge in [-0.2, -0.15) is 8.42 Å². The molecule has 3 aromatic rings. The van der Waals surface area contributed by atoms with Gasteiger partial charge < -0.3 is 14.4 Å². The highest BCUT2D eigenvalue weighted by Crippen LogP contribution is 2.41. The second-order valence-electron chi connectivity index (χ2n) is 8.06. The number of piperidine rings is 1. The van der Waals surface area contributed by atoms with E-state index in [1.807, 2.05) is 37.3 Å². The molecule has 3 heterocycles. The lowest BCUT2D eigenvalue weighted by Gasteiger charge is -2.37. The first-order chi connectivity index (χ1) is 15.4. The van der Waals surface area contributed by atoms with Crippen LogP contribution in [0.5, 0.6) is 11.5 Å². The lowest BCUT2D eigenvalue weighted by molar-refractivity contribution is 0.355. The molecule has 0 radical (unpaired) electrons. The molecule has 10 heteroatoms. The summed E-state index contributed by atoms with van der Waals surface area (Å²) in [6.07, 6.45) is 2.92. The molecule has 9 nitrogen and oxygen atoms in total. The van der Waals surface area contributed by atoms with Gasteiger partial charge in [0.25, 0.3) is 0 Å². The predicted octanol–water partition coefficient (Wildman–Crippen LogP) is 3.10. The molecule has 0 atom stereocenters. The average molecular weight is 456 g/mol. The van der Waals surface area contributed by atoms with Crippen molar-refractivity contribution in [2.75, 3.05) is 41.2 Å². The number of hydrogen-bond acceptors (Lipinski definition) is 7. The van der Waals surface area contributed by atoms with Gasteiger partial charge in [-0.3, -0.25) is 4.72 Å². The summed E-state index contributed by atoms with van der Waals surface area (Å²) in [6, 6.07) is 9.31. The molecule has 2 aliphatic heterocycles. The molecule has 5 rings (SSSR count). The number of nitrogens with one attached hydrogen (secondary N) is 1. The number of methoxy groups -OCH3 is 2. The topological polar surface area (TPSA) is 96.9 Å². The number of aromatic nitrogens is 2. The molecule has 1 fully saturated rings. The van der Waals surface area contributed by atoms with E-state index in [2.05, 4.69) is 19.6 Å². The average Bonchev–Trinajstić information content (AvgIpc) is 3.06. The fourth-order valence-corrected chi connectivity index (χ4v) is 6.13. The zero-order valence-corrected chi connectivity index (χ0v) is 19.0. The van der Waals surface area contributed by atoms with Gasteiger partial charge in [0.05, 0.1) is 37.2 Å². The molecule has 0 saturated carbocycles. The van der Waals surface area contributed by atoms with Gasteiger partial charge in [0.1, 0.15) is 12.1 Å². The zero-order chi connectivity index (χ0) is 22.5. The van der Waals surface area contributed by atoms with Crippen molar-refractivity contribution >= 4 is 38.3 Å². The highest BCUT2D eigenvalue weighted by Gasteiger charge is 2.39. The Kier molecular flexibility index (Phi) is 4.96. The van der Waals surface area contributed by atoms with Crippen LogP contribution in [0.1, 0.15) is 18.4 Å². The molecule has 0 aliphatic carbocycles. The standard InChI is InChI=1S/C22H25N5O4S/c1-14-4-5-19-18(10-14)25-32(28,29)27(19)15-6-8-26(9-7-15)22-16-11-20(30-2)21(31-3)12-17(16)23-13-24-22/h4-5,10-13,15,25H,6-9H2,1-3H3. The van der Waals surface area contributed by atoms with Gasteiger partial charge in [-0.05, 0) is 43.5 Å². The van der Waals surface area contributed by atoms with Crippen molar-refractivity contribution in [3.8, 4) is 11.5 Å². The second-order valence-corrected chi connectivity index (χ2v) is 9.61. The molecule has 32 heavy (non-hydrogen) atoms. The van der Waals surface area contributed by atoms with E-state index in [4.69, 9.17) is 9.47 Å². The molecule has 1 saturated heterocycles. The van der Waals surface area contributed by atoms with Crippen LogP contribution in [0.3, 0.4) is 0 Å². The van der Waals surface area contributed by atoms with Crippen molar-refractivity contribution in [3.63, 3.8) is 0 Å². The van der Waals surface area contributed by atoms with E-state index in [-0.39, 0.29) is 6.04 Å². The summed E-state index contributed by atoms with van der Waals surface area (Å²) < 4.78 is 40.8. The van der Waals surface area contributed by atoms with Crippen molar-refractivity contribution in [1.82, 2.24) is 9.97 Å². The Morgan fingerprint density at radius 2 is 1.75 bits per heavy atom. The Bertz CT molecular complexity index is 1290. The number of benzene rings is 2. The van der Waals surface area contributed by atoms with Gasteiger partial charge >= 0.3 is 10.2 Å². The summed E-state index contributed by atoms with van der Waals surface area (Å²) in [6.45, 7) is 3.31. The maximum atomic E-state index is 12.8. The van der Waals surface area contributed by atoms with Gasteiger partial charge in [-0.25, -0.2) is 14.3 Å². The molecule has 0 amide bonds. The number of aryl methyl sites for hydroxylation is 1. The van der Waals surface area contributed by atoms with E-state index >= 15 is 0 Å². The molecular formula is C22H25N5O4S. The lowest BCUT2D eigenvalue weighted by Crippen LogP contribution is -2.47. The minimum atomic E-state index is -3.59. The van der Waals surface area contributed by atoms with Crippen LogP contribution in [-0.2, 0) is 10.2 Å². The van der Waals surface area contributed by atoms with Crippen molar-refractivity contribution in [2.24, 2.45) is 0 Å². The molecule has 1 N–H and O–H groups in total. The first-order valence-corrected chi connectivity index (χ1v) is 11.9. The minimum absolute atomic E-state index is 0.115. The van der Waals surface area contributed by atoms with E-state index in [0.29, 0.717) is 43.1 Å². The molecule has 0 bridgehead atoms. The summed E-state index contributed by atoms with van der Waals surface area (Å²) in [5.74, 6) is 2.05. The van der Waals surface area contributed by atoms with E-state index in [9.17, 15) is 8.42 Å². The largest absolute Gasteiger partial charge is 0.493 e. The van der Waals surface area contributed by atoms with Crippen molar-refractivity contribution in [3.05, 3.63) is 42.2 Å². The smallest absolute Gasteiger partial charge is 0.324 e. The molecule has 168 valence electrons. The zero-order valence-electron chi connectivity index (χ0n) is 18.2. The fraction of sp³-hybridized carbons (Fsp3) is 0.364. The minimum Gasteiger partial charge on any atom is -0.493 e. The van der Waals surface area contributed by atoms with E-state index < -0.39 is 10.2 Å². The molecule has 2 aromatic carbocycles. The van der Waals surface area contributed by atoms with E-state index in [1.165, 1.54) is 0 Å². The summed E-state index contributed by atoms with van der Waals surface area (Å²) in [5, 5.41) is 0.875. The highest BCUT2D eigenvalue weighted by atomic mass is 32.2. The van der Waals surface area contributed by atoms with E-state index in [0.717, 1.165) is 28.0 Å². The number of nitrogens with zero attached hydrogens (tertiary/aromatic N) is 4. The van der Waals surface area contributed by atoms with Crippen LogP contribution in [0.25, 0.3) is 10.9 Å². The van der Waals surface area contributed by atoms with Gasteiger partial charge in [-0.1, -0.05) is 6.07 Å². The maximum Gasteiger partial charge on any atom is 0.324 e. The normalized spacial score (nSPS) is 17.8. The molecule has 2 aliphatic rings. The van der Waals surface area contributed by atoms with Crippen molar-refractivity contribution < 1.29 is 17.9 Å². The SMILES string of the molecule is COc1cc2ncnc(N3CCC(N4c5ccc(C)cc5NS4(=O)=O)CC3)c2cc1OC. The van der Waals surface area contributed by atoms with Crippen LogP contribution in [-0.4, -0.2) is 51.7 Å². The van der Waals surface area contributed by atoms with Crippen LogP contribution in [0.4, 0.5) is 17.2 Å². The maximum absolute atomic E-state index is 12.8. The summed E-state index contributed by atoms with van der Waals surface area (Å²) in [5.41, 5.74) is 3.16. The highest BCUT2D eigenvalue weighted by molar-refractivity contribution is 7.94. The quantitative estimate of drug-likeness (QED) is 0.646. The number of rotatable bonds is 4. The van der Waals surface area contributed by atoms with Crippen LogP contribution in [0, 0.1) is 6.92 Å². The van der Waals surface area contributed by atoms with Gasteiger partial charge in [0.15, 0.2) is 11.5 Å². The summed E-state index contributed by atoms with van der Waals surface area (Å²) in [4.78, 5) is 11.1. The third kappa shape index (κ3) is 3.35. The second kappa shape index (κ2) is 7.70. The Balaban J connectivity index is 1.42. The molecular weight excluding hydrogens is 430 g/mol. The van der Waals surface area contributed by atoms with Gasteiger partial charge in [-0.15, -0.1) is 0 Å². The number of anilines is 3. The van der Waals surface area contributed by atoms with Crippen LogP contribution in [0.15, 0.2) is 36.7 Å². The first kappa shape index (κ1) is 20.6. The third-order valence-corrected chi connectivity index (χ3v) is 7.59. The predicted molar refractivity (Wildman–Crippen MR) is 124 cm³/mol. The molecule has 0 spiro atoms. The Morgan fingerprint density at radius 1 is 1.03 bits per heavy atom. The number of ether oxygens (including phenoxy) is 2. The van der Waals surface area contributed by atoms with Gasteiger partial charge in [0.2, 0.25) is 0 Å². The summed E-state index contributed by atoms with van der Waals surface area (Å²) >= 11 is 0. The summed E-state index contributed by atoms with van der Waals surface area (Å²) in [7, 11) is -0.393. The molecule has 0 unspecified atom stereocenters. The monoisotopic (exact) mass is 455 g/mol. The number of fused-ring (bicyclic) bond motifs is 2. The Labute approximate surface area is 187 Å². The van der Waals surface area contributed by atoms with Gasteiger partial charge in [0, 0.05) is 24.5 Å². The molecule has 1 aromatic heterocycles. The van der Waals surface area contributed by atoms with Crippen LogP contribution >= 0.6 is 0 Å². The number of hydrogen-bond donors (Lipinski definition) is 1. The third-order valence-electron chi connectivity index (χ3n) is 6.10. The Morgan fingerprint density at radius 3 is 2.47 bits per heavy atom. The fourth-order valence-electron chi connectivity index (χ4n) is 4.57. The lowest BCUT2D eigenvalue weighted by atomic mass is 10.0. The van der Waals surface area contributed by atoms with Crippen molar-refractivity contribution in [1.29, 1.82) is 0 Å². The Hall–Kier alpha value is -3.27. The first-order valence-electron chi connectivity index (χ1n) is 10.5. The van der Waals surface area contributed by atoms with E-state index in [1.54, 1.807) is 24.9 Å². The van der Waals surface area contributed by atoms with Crippen molar-refractivity contribution in [2.45, 2.75) is 25.8 Å². The van der Waals surface area contributed by atoms with Crippen LogP contribution in [0.2, 0.25) is 0 Å².